The van der Waals surface area contributed by atoms with Gasteiger partial charge in [0.25, 0.3) is 5.91 Å². The van der Waals surface area contributed by atoms with Gasteiger partial charge in [0.2, 0.25) is 0 Å². The van der Waals surface area contributed by atoms with Gasteiger partial charge in [0.1, 0.15) is 11.5 Å². The van der Waals surface area contributed by atoms with E-state index in [1.54, 1.807) is 20.8 Å². The number of ether oxygens (including phenoxy) is 1. The monoisotopic (exact) mass is 382 g/mol. The van der Waals surface area contributed by atoms with Gasteiger partial charge < -0.3 is 20.0 Å². The molecule has 0 radical (unpaired) electrons. The maximum atomic E-state index is 13.0. The Bertz CT molecular complexity index is 983. The number of hydrogen-bond donors (Lipinski definition) is 3. The van der Waals surface area contributed by atoms with E-state index in [4.69, 9.17) is 4.74 Å². The molecule has 2 aromatic heterocycles. The summed E-state index contributed by atoms with van der Waals surface area (Å²) in [6.45, 7) is 9.59. The van der Waals surface area contributed by atoms with Crippen LogP contribution in [0.25, 0.3) is 11.0 Å². The number of aryl methyl sites for hydroxylation is 1. The highest BCUT2D eigenvalue weighted by atomic mass is 16.5. The number of esters is 1. The lowest BCUT2D eigenvalue weighted by atomic mass is 10.0. The van der Waals surface area contributed by atoms with Gasteiger partial charge in [-0.2, -0.15) is 0 Å². The van der Waals surface area contributed by atoms with Crippen molar-refractivity contribution < 1.29 is 14.3 Å². The van der Waals surface area contributed by atoms with Gasteiger partial charge >= 0.3 is 5.97 Å². The largest absolute Gasteiger partial charge is 0.462 e. The second-order valence-corrected chi connectivity index (χ2v) is 7.18. The van der Waals surface area contributed by atoms with Crippen LogP contribution in [-0.4, -0.2) is 33.4 Å². The van der Waals surface area contributed by atoms with Crippen molar-refractivity contribution in [1.82, 2.24) is 20.3 Å². The predicted octanol–water partition coefficient (Wildman–Crippen LogP) is 3.81. The van der Waals surface area contributed by atoms with Crippen LogP contribution >= 0.6 is 0 Å². The summed E-state index contributed by atoms with van der Waals surface area (Å²) in [7, 11) is 0. The average Bonchev–Trinajstić information content (AvgIpc) is 3.19. The second kappa shape index (κ2) is 7.88. The SMILES string of the molecule is CCOC(=O)c1c(C)[nH]c(C(=O)N[C@H](c2nc3ccccc3[nH]2)C(C)C)c1C. The predicted molar refractivity (Wildman–Crippen MR) is 107 cm³/mol. The number of para-hydroxylation sites is 2. The topological polar surface area (TPSA) is 99.9 Å². The van der Waals surface area contributed by atoms with E-state index in [0.717, 1.165) is 11.0 Å². The third-order valence-corrected chi connectivity index (χ3v) is 4.80. The van der Waals surface area contributed by atoms with Crippen molar-refractivity contribution in [1.29, 1.82) is 0 Å². The summed E-state index contributed by atoms with van der Waals surface area (Å²) in [5, 5.41) is 3.05. The molecule has 3 aromatic rings. The minimum atomic E-state index is -0.425. The summed E-state index contributed by atoms with van der Waals surface area (Å²) in [6, 6.07) is 7.45. The van der Waals surface area contributed by atoms with Gasteiger partial charge in [0.15, 0.2) is 0 Å². The standard InChI is InChI=1S/C21H26N4O3/c1-6-28-21(27)16-12(4)18(22-13(16)5)20(26)25-17(11(2)3)19-23-14-9-7-8-10-15(14)24-19/h7-11,17,22H,6H2,1-5H3,(H,23,24)(H,25,26)/t17-/m0/s1. The van der Waals surface area contributed by atoms with Gasteiger partial charge in [-0.15, -0.1) is 0 Å². The van der Waals surface area contributed by atoms with E-state index in [1.165, 1.54) is 0 Å². The van der Waals surface area contributed by atoms with Crippen LogP contribution in [-0.2, 0) is 4.74 Å². The number of benzene rings is 1. The molecule has 3 N–H and O–H groups in total. The van der Waals surface area contributed by atoms with E-state index in [-0.39, 0.29) is 24.5 Å². The molecule has 148 valence electrons. The molecular formula is C21H26N4O3. The summed E-state index contributed by atoms with van der Waals surface area (Å²) >= 11 is 0. The quantitative estimate of drug-likeness (QED) is 0.564. The van der Waals surface area contributed by atoms with Crippen LogP contribution in [0.15, 0.2) is 24.3 Å². The molecule has 7 nitrogen and oxygen atoms in total. The van der Waals surface area contributed by atoms with Crippen LogP contribution in [0.1, 0.15) is 64.7 Å². The smallest absolute Gasteiger partial charge is 0.340 e. The van der Waals surface area contributed by atoms with E-state index in [0.29, 0.717) is 28.3 Å². The van der Waals surface area contributed by atoms with Crippen molar-refractivity contribution in [2.24, 2.45) is 5.92 Å². The highest BCUT2D eigenvalue weighted by Gasteiger charge is 2.27. The van der Waals surface area contributed by atoms with Gasteiger partial charge in [0.05, 0.1) is 29.2 Å². The summed E-state index contributed by atoms with van der Waals surface area (Å²) in [5.74, 6) is 0.113. The molecule has 7 heteroatoms. The van der Waals surface area contributed by atoms with E-state index in [9.17, 15) is 9.59 Å². The maximum Gasteiger partial charge on any atom is 0.340 e. The number of carbonyl (C=O) groups is 2. The molecule has 0 aliphatic rings. The van der Waals surface area contributed by atoms with E-state index in [2.05, 4.69) is 20.3 Å². The van der Waals surface area contributed by atoms with Gasteiger partial charge in [-0.1, -0.05) is 26.0 Å². The Labute approximate surface area is 163 Å². The number of fused-ring (bicyclic) bond motifs is 1. The minimum absolute atomic E-state index is 0.116. The minimum Gasteiger partial charge on any atom is -0.462 e. The fourth-order valence-corrected chi connectivity index (χ4v) is 3.37. The molecule has 0 spiro atoms. The first-order chi connectivity index (χ1) is 13.3. The molecule has 1 aromatic carbocycles. The fraction of sp³-hybridized carbons (Fsp3) is 0.381. The molecule has 2 heterocycles. The molecule has 0 unspecified atom stereocenters. The number of amides is 1. The number of nitrogens with zero attached hydrogens (tertiary/aromatic N) is 1. The van der Waals surface area contributed by atoms with Crippen molar-refractivity contribution in [2.45, 2.75) is 40.7 Å². The Hall–Kier alpha value is -3.09. The number of aromatic amines is 2. The second-order valence-electron chi connectivity index (χ2n) is 7.18. The number of nitrogens with one attached hydrogen (secondary N) is 3. The first-order valence-electron chi connectivity index (χ1n) is 9.45. The lowest BCUT2D eigenvalue weighted by Crippen LogP contribution is -2.33. The zero-order chi connectivity index (χ0) is 20.4. The summed E-state index contributed by atoms with van der Waals surface area (Å²) in [4.78, 5) is 36.1. The normalized spacial score (nSPS) is 12.4. The highest BCUT2D eigenvalue weighted by molar-refractivity contribution is 6.00. The molecule has 28 heavy (non-hydrogen) atoms. The lowest BCUT2D eigenvalue weighted by Gasteiger charge is -2.20. The van der Waals surface area contributed by atoms with Gasteiger partial charge in [-0.3, -0.25) is 4.79 Å². The van der Waals surface area contributed by atoms with Crippen LogP contribution in [0.4, 0.5) is 0 Å². The fourth-order valence-electron chi connectivity index (χ4n) is 3.37. The summed E-state index contributed by atoms with van der Waals surface area (Å²) < 4.78 is 5.10. The van der Waals surface area contributed by atoms with Crippen molar-refractivity contribution in [3.05, 3.63) is 52.6 Å². The first kappa shape index (κ1) is 19.7. The zero-order valence-electron chi connectivity index (χ0n) is 16.8. The average molecular weight is 382 g/mol. The van der Waals surface area contributed by atoms with Crippen molar-refractivity contribution in [3.8, 4) is 0 Å². The van der Waals surface area contributed by atoms with Gasteiger partial charge in [-0.05, 0) is 44.4 Å². The number of H-pyrrole nitrogens is 2. The number of rotatable bonds is 6. The van der Waals surface area contributed by atoms with E-state index >= 15 is 0 Å². The maximum absolute atomic E-state index is 13.0. The van der Waals surface area contributed by atoms with Crippen molar-refractivity contribution in [3.63, 3.8) is 0 Å². The van der Waals surface area contributed by atoms with Crippen LogP contribution in [0.3, 0.4) is 0 Å². The number of aromatic nitrogens is 3. The Morgan fingerprint density at radius 3 is 2.54 bits per heavy atom. The number of carbonyl (C=O) groups excluding carboxylic acids is 2. The molecule has 0 saturated heterocycles. The van der Waals surface area contributed by atoms with E-state index < -0.39 is 5.97 Å². The molecule has 1 amide bonds. The summed E-state index contributed by atoms with van der Waals surface area (Å²) in [6.07, 6.45) is 0. The third kappa shape index (κ3) is 3.65. The van der Waals surface area contributed by atoms with Crippen LogP contribution in [0.5, 0.6) is 0 Å². The number of hydrogen-bond acceptors (Lipinski definition) is 4. The molecule has 3 rings (SSSR count). The zero-order valence-corrected chi connectivity index (χ0v) is 16.8. The Morgan fingerprint density at radius 1 is 1.18 bits per heavy atom. The highest BCUT2D eigenvalue weighted by Crippen LogP contribution is 2.24. The van der Waals surface area contributed by atoms with Gasteiger partial charge in [0, 0.05) is 5.69 Å². The Balaban J connectivity index is 1.89. The summed E-state index contributed by atoms with van der Waals surface area (Å²) in [5.41, 5.74) is 3.76. The van der Waals surface area contributed by atoms with Crippen molar-refractivity contribution in [2.75, 3.05) is 6.61 Å². The van der Waals surface area contributed by atoms with Crippen LogP contribution in [0, 0.1) is 19.8 Å². The lowest BCUT2D eigenvalue weighted by molar-refractivity contribution is 0.0525. The molecule has 0 fully saturated rings. The molecule has 1 atom stereocenters. The molecule has 0 aliphatic carbocycles. The Kier molecular flexibility index (Phi) is 5.53. The van der Waals surface area contributed by atoms with Crippen LogP contribution in [0.2, 0.25) is 0 Å². The third-order valence-electron chi connectivity index (χ3n) is 4.80. The molecular weight excluding hydrogens is 356 g/mol. The molecule has 0 aliphatic heterocycles. The first-order valence-corrected chi connectivity index (χ1v) is 9.45. The van der Waals surface area contributed by atoms with Crippen molar-refractivity contribution >= 4 is 22.9 Å². The van der Waals surface area contributed by atoms with Crippen LogP contribution < -0.4 is 5.32 Å². The Morgan fingerprint density at radius 2 is 1.89 bits per heavy atom. The van der Waals surface area contributed by atoms with E-state index in [1.807, 2.05) is 38.1 Å². The molecule has 0 saturated carbocycles. The van der Waals surface area contributed by atoms with Gasteiger partial charge in [-0.25, -0.2) is 9.78 Å². The molecule has 0 bridgehead atoms. The number of imidazole rings is 1.